The van der Waals surface area contributed by atoms with E-state index in [-0.39, 0.29) is 29.8 Å². The summed E-state index contributed by atoms with van der Waals surface area (Å²) in [7, 11) is -4.36. The average Bonchev–Trinajstić information content (AvgIpc) is 3.53. The number of rotatable bonds is 14. The molecule has 0 saturated carbocycles. The maximum absolute atomic E-state index is 13.9. The van der Waals surface area contributed by atoms with Crippen LogP contribution >= 0.6 is 7.75 Å². The summed E-state index contributed by atoms with van der Waals surface area (Å²) < 4.78 is 37.7. The summed E-state index contributed by atoms with van der Waals surface area (Å²) in [5.74, 6) is -1.37. The summed E-state index contributed by atoms with van der Waals surface area (Å²) in [5, 5.41) is 28.7. The van der Waals surface area contributed by atoms with Crippen molar-refractivity contribution < 1.29 is 42.9 Å². The maximum atomic E-state index is 13.9. The van der Waals surface area contributed by atoms with E-state index in [9.17, 15) is 24.4 Å². The molecule has 6 atom stereocenters. The minimum atomic E-state index is -4.36. The summed E-state index contributed by atoms with van der Waals surface area (Å²) in [4.78, 5) is 29.4. The van der Waals surface area contributed by atoms with Crippen molar-refractivity contribution in [3.05, 3.63) is 54.5 Å². The Morgan fingerprint density at radius 2 is 1.88 bits per heavy atom. The van der Waals surface area contributed by atoms with E-state index in [4.69, 9.17) is 30.0 Å². The first kappa shape index (κ1) is 32.3. The summed E-state index contributed by atoms with van der Waals surface area (Å²) in [5.41, 5.74) is 9.61. The van der Waals surface area contributed by atoms with Crippen molar-refractivity contribution in [2.75, 3.05) is 18.9 Å². The van der Waals surface area contributed by atoms with Crippen molar-refractivity contribution in [1.29, 1.82) is 0 Å². The minimum absolute atomic E-state index is 0.0196. The van der Waals surface area contributed by atoms with Crippen molar-refractivity contribution in [3.63, 3.8) is 0 Å². The Morgan fingerprint density at radius 3 is 2.53 bits per heavy atom. The van der Waals surface area contributed by atoms with Crippen LogP contribution in [0.25, 0.3) is 5.52 Å². The van der Waals surface area contributed by atoms with Gasteiger partial charge in [0.2, 0.25) is 5.60 Å². The van der Waals surface area contributed by atoms with Crippen LogP contribution in [0.15, 0.2) is 48.8 Å². The summed E-state index contributed by atoms with van der Waals surface area (Å²) in [6, 6.07) is 9.86. The quantitative estimate of drug-likeness (QED) is 0.127. The molecule has 1 unspecified atom stereocenters. The molecule has 1 fully saturated rings. The number of fused-ring (bicyclic) bond motifs is 1. The molecule has 1 aliphatic heterocycles. The second kappa shape index (κ2) is 13.4. The van der Waals surface area contributed by atoms with Gasteiger partial charge in [0, 0.05) is 0 Å². The number of para-hydroxylation sites is 1. The van der Waals surface area contributed by atoms with Gasteiger partial charge in [-0.3, -0.25) is 14.1 Å². The van der Waals surface area contributed by atoms with Gasteiger partial charge < -0.3 is 35.7 Å². The van der Waals surface area contributed by atoms with E-state index >= 15 is 0 Å². The van der Waals surface area contributed by atoms with Gasteiger partial charge >= 0.3 is 13.7 Å². The number of aliphatic hydroxyl groups excluding tert-OH is 2. The molecular weight excluding hydrogens is 583 g/mol. The molecule has 4 rings (SSSR count). The minimum Gasteiger partial charge on any atom is -0.464 e. The number of ether oxygens (including phenoxy) is 2. The second-order valence-electron chi connectivity index (χ2n) is 10.2. The van der Waals surface area contributed by atoms with Crippen molar-refractivity contribution in [1.82, 2.24) is 19.7 Å². The molecule has 0 bridgehead atoms. The zero-order chi connectivity index (χ0) is 31.4. The number of esters is 1. The number of nitrogens with two attached hydrogens (primary N) is 2. The molecule has 15 nitrogen and oxygen atoms in total. The predicted octanol–water partition coefficient (Wildman–Crippen LogP) is 1.27. The molecule has 1 aliphatic rings. The highest BCUT2D eigenvalue weighted by atomic mass is 31.2. The molecule has 0 aliphatic carbocycles. The summed E-state index contributed by atoms with van der Waals surface area (Å²) >= 11 is 0. The van der Waals surface area contributed by atoms with E-state index in [0.29, 0.717) is 5.52 Å². The van der Waals surface area contributed by atoms with Crippen LogP contribution in [0.1, 0.15) is 39.3 Å². The fourth-order valence-corrected chi connectivity index (χ4v) is 6.25. The molecule has 3 heterocycles. The van der Waals surface area contributed by atoms with Crippen LogP contribution < -0.4 is 21.1 Å². The van der Waals surface area contributed by atoms with E-state index in [1.165, 1.54) is 35.7 Å². The number of primary amides is 1. The largest absolute Gasteiger partial charge is 0.464 e. The Bertz CT molecular complexity index is 1470. The first-order valence-corrected chi connectivity index (χ1v) is 15.4. The third-order valence-electron chi connectivity index (χ3n) is 7.39. The number of hydrogen-bond donors (Lipinski definition) is 5. The van der Waals surface area contributed by atoms with E-state index < -0.39 is 56.2 Å². The predicted molar refractivity (Wildman–Crippen MR) is 153 cm³/mol. The van der Waals surface area contributed by atoms with Crippen LogP contribution in [-0.4, -0.2) is 74.3 Å². The van der Waals surface area contributed by atoms with Gasteiger partial charge in [0.15, 0.2) is 5.82 Å². The third kappa shape index (κ3) is 6.66. The average molecular weight is 621 g/mol. The van der Waals surface area contributed by atoms with Crippen molar-refractivity contribution >= 4 is 31.0 Å². The Hall–Kier alpha value is -3.59. The number of hydrogen-bond acceptors (Lipinski definition) is 12. The molecule has 1 saturated heterocycles. The monoisotopic (exact) mass is 620 g/mol. The summed E-state index contributed by atoms with van der Waals surface area (Å²) in [6.07, 6.45) is -2.26. The summed E-state index contributed by atoms with van der Waals surface area (Å²) in [6.45, 7) is 4.96. The molecule has 0 spiro atoms. The first-order valence-electron chi connectivity index (χ1n) is 13.8. The van der Waals surface area contributed by atoms with Crippen LogP contribution in [0.2, 0.25) is 0 Å². The Labute approximate surface area is 248 Å². The van der Waals surface area contributed by atoms with Crippen LogP contribution in [0.5, 0.6) is 5.75 Å². The molecule has 16 heteroatoms. The van der Waals surface area contributed by atoms with Crippen LogP contribution in [-0.2, 0) is 33.8 Å². The van der Waals surface area contributed by atoms with Gasteiger partial charge in [-0.1, -0.05) is 44.9 Å². The molecular formula is C27H37N6O9P. The van der Waals surface area contributed by atoms with E-state index in [2.05, 4.69) is 15.2 Å². The van der Waals surface area contributed by atoms with Crippen LogP contribution in [0.3, 0.4) is 0 Å². The van der Waals surface area contributed by atoms with E-state index in [0.717, 1.165) is 19.2 Å². The number of aromatic nitrogens is 3. The van der Waals surface area contributed by atoms with Gasteiger partial charge in [0.25, 0.3) is 5.91 Å². The lowest BCUT2D eigenvalue weighted by molar-refractivity contribution is -0.155. The number of nitrogen functional groups attached to an aromatic ring is 1. The van der Waals surface area contributed by atoms with Crippen molar-refractivity contribution in [3.8, 4) is 5.75 Å². The second-order valence-corrected chi connectivity index (χ2v) is 11.9. The van der Waals surface area contributed by atoms with Crippen LogP contribution in [0.4, 0.5) is 5.82 Å². The fraction of sp³-hybridized carbons (Fsp3) is 0.481. The molecule has 7 N–H and O–H groups in total. The lowest BCUT2D eigenvalue weighted by atomic mass is 9.90. The lowest BCUT2D eigenvalue weighted by Crippen LogP contribution is -2.51. The molecule has 3 aromatic rings. The first-order chi connectivity index (χ1) is 20.5. The highest BCUT2D eigenvalue weighted by Gasteiger charge is 2.61. The number of carbonyl (C=O) groups is 2. The van der Waals surface area contributed by atoms with Gasteiger partial charge in [-0.05, 0) is 37.1 Å². The van der Waals surface area contributed by atoms with Gasteiger partial charge in [0.05, 0.1) is 18.9 Å². The molecule has 234 valence electrons. The number of nitrogens with zero attached hydrogens (tertiary/aromatic N) is 3. The molecule has 1 aromatic carbocycles. The van der Waals surface area contributed by atoms with Crippen LogP contribution in [0, 0.1) is 5.92 Å². The number of nitrogens with one attached hydrogen (secondary N) is 1. The van der Waals surface area contributed by atoms with Gasteiger partial charge in [-0.2, -0.15) is 10.2 Å². The third-order valence-corrected chi connectivity index (χ3v) is 9.03. The topological polar surface area (TPSA) is 223 Å². The van der Waals surface area contributed by atoms with Crippen molar-refractivity contribution in [2.45, 2.75) is 63.6 Å². The highest BCUT2D eigenvalue weighted by Crippen LogP contribution is 2.47. The standard InChI is InChI=1S/C27H37N6O9P/c1-4-17(5-2)13-39-25(36)16(3)32-43(38,42-18-9-7-6-8-10-18)40-14-20-22(34)23(35)27(41-20,26(29)37)21-12-11-19-24(28)30-15-31-33(19)21/h6-12,15-17,20,22-23,34-35H,4-5,13-14H2,1-3H3,(H2,29,37)(H,32,38)(H2,28,30,31)/t16-,20?,22+,23+,27-,43-/m0/s1. The SMILES string of the molecule is CCC(CC)COC(=O)[C@H](C)N[P@](=O)(OCC1O[C@@](C(N)=O)(c2ccc3c(N)ncnn23)[C@H](O)[C@@H]1O)Oc1ccccc1. The number of carbonyl (C=O) groups excluding carboxylic acids is 2. The molecule has 2 aromatic heterocycles. The Kier molecular flexibility index (Phi) is 10.1. The highest BCUT2D eigenvalue weighted by molar-refractivity contribution is 7.52. The molecule has 1 amide bonds. The smallest absolute Gasteiger partial charge is 0.459 e. The zero-order valence-corrected chi connectivity index (χ0v) is 24.9. The van der Waals surface area contributed by atoms with Crippen molar-refractivity contribution in [2.24, 2.45) is 11.7 Å². The number of benzene rings is 1. The molecule has 0 radical (unpaired) electrons. The molecule has 43 heavy (non-hydrogen) atoms. The maximum Gasteiger partial charge on any atom is 0.459 e. The van der Waals surface area contributed by atoms with Gasteiger partial charge in [-0.25, -0.2) is 14.1 Å². The number of anilines is 1. The zero-order valence-electron chi connectivity index (χ0n) is 24.0. The van der Waals surface area contributed by atoms with E-state index in [1.54, 1.807) is 18.2 Å². The van der Waals surface area contributed by atoms with Gasteiger partial charge in [0.1, 0.15) is 41.9 Å². The number of amides is 1. The number of aliphatic hydroxyl groups is 2. The lowest BCUT2D eigenvalue weighted by Gasteiger charge is -2.28. The Balaban J connectivity index is 1.56. The normalized spacial score (nSPS) is 24.1. The van der Waals surface area contributed by atoms with E-state index in [1.807, 2.05) is 13.8 Å². The fourth-order valence-electron chi connectivity index (χ4n) is 4.75. The van der Waals surface area contributed by atoms with Gasteiger partial charge in [-0.15, -0.1) is 0 Å². The Morgan fingerprint density at radius 1 is 1.19 bits per heavy atom.